The summed E-state index contributed by atoms with van der Waals surface area (Å²) in [7, 11) is 0. The van der Waals surface area contributed by atoms with E-state index < -0.39 is 0 Å². The van der Waals surface area contributed by atoms with Crippen LogP contribution in [-0.2, 0) is 13.0 Å². The van der Waals surface area contributed by atoms with Crippen LogP contribution in [0, 0.1) is 0 Å². The fourth-order valence-electron chi connectivity index (χ4n) is 1.35. The van der Waals surface area contributed by atoms with Crippen molar-refractivity contribution in [2.45, 2.75) is 13.0 Å². The molecule has 0 aliphatic carbocycles. The zero-order valence-electron chi connectivity index (χ0n) is 8.89. The summed E-state index contributed by atoms with van der Waals surface area (Å²) < 4.78 is 0. The highest BCUT2D eigenvalue weighted by Crippen LogP contribution is 2.16. The van der Waals surface area contributed by atoms with Gasteiger partial charge in [0, 0.05) is 36.6 Å². The summed E-state index contributed by atoms with van der Waals surface area (Å²) in [4.78, 5) is 9.32. The van der Waals surface area contributed by atoms with Crippen LogP contribution in [0.4, 0.5) is 5.13 Å². The van der Waals surface area contributed by atoms with E-state index in [1.165, 1.54) is 5.56 Å². The van der Waals surface area contributed by atoms with Crippen LogP contribution in [0.5, 0.6) is 0 Å². The topological polar surface area (TPSA) is 63.8 Å². The Bertz CT molecular complexity index is 427. The molecular weight excluding hydrogens is 220 g/mol. The monoisotopic (exact) mass is 234 g/mol. The van der Waals surface area contributed by atoms with Gasteiger partial charge in [-0.05, 0) is 24.1 Å². The maximum Gasteiger partial charge on any atom is 0.182 e. The highest BCUT2D eigenvalue weighted by atomic mass is 32.1. The number of hydrogen-bond acceptors (Lipinski definition) is 5. The van der Waals surface area contributed by atoms with E-state index >= 15 is 0 Å². The van der Waals surface area contributed by atoms with Crippen molar-refractivity contribution in [3.63, 3.8) is 0 Å². The summed E-state index contributed by atoms with van der Waals surface area (Å²) in [6.07, 6.45) is 6.41. The van der Waals surface area contributed by atoms with Crippen molar-refractivity contribution in [1.29, 1.82) is 0 Å². The smallest absolute Gasteiger partial charge is 0.182 e. The lowest BCUT2D eigenvalue weighted by atomic mass is 10.2. The van der Waals surface area contributed by atoms with Crippen molar-refractivity contribution < 1.29 is 0 Å². The van der Waals surface area contributed by atoms with E-state index in [1.807, 2.05) is 30.7 Å². The zero-order chi connectivity index (χ0) is 11.2. The number of nitrogens with zero attached hydrogens (tertiary/aromatic N) is 2. The first-order valence-electron chi connectivity index (χ1n) is 5.16. The maximum atomic E-state index is 5.52. The molecule has 5 heteroatoms. The van der Waals surface area contributed by atoms with Crippen molar-refractivity contribution in [1.82, 2.24) is 9.97 Å². The number of rotatable bonds is 5. The molecule has 2 heterocycles. The van der Waals surface area contributed by atoms with E-state index in [4.69, 9.17) is 5.73 Å². The summed E-state index contributed by atoms with van der Waals surface area (Å²) in [5, 5.41) is 4.22. The number of pyridine rings is 1. The van der Waals surface area contributed by atoms with Gasteiger partial charge in [-0.15, -0.1) is 11.3 Å². The van der Waals surface area contributed by atoms with Gasteiger partial charge < -0.3 is 11.1 Å². The van der Waals surface area contributed by atoms with Crippen molar-refractivity contribution in [2.75, 3.05) is 11.9 Å². The first-order valence-corrected chi connectivity index (χ1v) is 5.97. The van der Waals surface area contributed by atoms with Crippen LogP contribution in [0.2, 0.25) is 0 Å². The third kappa shape index (κ3) is 3.01. The minimum atomic E-state index is 0.559. The summed E-state index contributed by atoms with van der Waals surface area (Å²) in [5.41, 5.74) is 6.79. The average molecular weight is 234 g/mol. The number of nitrogens with two attached hydrogens (primary N) is 1. The molecule has 0 saturated carbocycles. The Hall–Kier alpha value is -1.46. The molecule has 2 aromatic heterocycles. The molecule has 2 aromatic rings. The molecule has 0 unspecified atom stereocenters. The number of nitrogens with one attached hydrogen (secondary N) is 1. The highest BCUT2D eigenvalue weighted by Gasteiger charge is 1.99. The Labute approximate surface area is 98.6 Å². The molecule has 0 saturated heterocycles. The van der Waals surface area contributed by atoms with Crippen molar-refractivity contribution in [3.8, 4) is 0 Å². The Balaban J connectivity index is 1.80. The van der Waals surface area contributed by atoms with Crippen LogP contribution in [0.25, 0.3) is 0 Å². The van der Waals surface area contributed by atoms with E-state index in [-0.39, 0.29) is 0 Å². The van der Waals surface area contributed by atoms with Gasteiger partial charge in [0.05, 0.1) is 0 Å². The van der Waals surface area contributed by atoms with Gasteiger partial charge in [-0.2, -0.15) is 0 Å². The van der Waals surface area contributed by atoms with E-state index in [2.05, 4.69) is 15.3 Å². The third-order valence-electron chi connectivity index (χ3n) is 2.19. The molecule has 0 radical (unpaired) electrons. The van der Waals surface area contributed by atoms with Gasteiger partial charge in [0.25, 0.3) is 0 Å². The molecule has 0 aliphatic rings. The normalized spacial score (nSPS) is 10.3. The lowest BCUT2D eigenvalue weighted by molar-refractivity contribution is 1.01. The largest absolute Gasteiger partial charge is 0.361 e. The number of aromatic nitrogens is 2. The quantitative estimate of drug-likeness (QED) is 0.825. The molecule has 3 N–H and O–H groups in total. The van der Waals surface area contributed by atoms with Gasteiger partial charge >= 0.3 is 0 Å². The summed E-state index contributed by atoms with van der Waals surface area (Å²) in [5.74, 6) is 0. The third-order valence-corrected chi connectivity index (χ3v) is 3.17. The lowest BCUT2D eigenvalue weighted by Crippen LogP contribution is -2.04. The fraction of sp³-hybridized carbons (Fsp3) is 0.273. The molecule has 84 valence electrons. The van der Waals surface area contributed by atoms with Gasteiger partial charge in [0.1, 0.15) is 0 Å². The SMILES string of the molecule is NCc1cnc(NCCc2ccncc2)s1. The highest BCUT2D eigenvalue weighted by molar-refractivity contribution is 7.15. The molecule has 4 nitrogen and oxygen atoms in total. The summed E-state index contributed by atoms with van der Waals surface area (Å²) >= 11 is 1.61. The van der Waals surface area contributed by atoms with E-state index in [0.717, 1.165) is 23.0 Å². The van der Waals surface area contributed by atoms with Gasteiger partial charge in [0.15, 0.2) is 5.13 Å². The molecule has 0 spiro atoms. The Morgan fingerprint density at radius 2 is 2.12 bits per heavy atom. The molecule has 0 bridgehead atoms. The first-order chi connectivity index (χ1) is 7.88. The van der Waals surface area contributed by atoms with Gasteiger partial charge in [0.2, 0.25) is 0 Å². The van der Waals surface area contributed by atoms with Crippen LogP contribution in [0.1, 0.15) is 10.4 Å². The van der Waals surface area contributed by atoms with Crippen LogP contribution in [-0.4, -0.2) is 16.5 Å². The van der Waals surface area contributed by atoms with Gasteiger partial charge in [-0.3, -0.25) is 4.98 Å². The Kier molecular flexibility index (Phi) is 3.85. The second-order valence-corrected chi connectivity index (χ2v) is 4.48. The van der Waals surface area contributed by atoms with Crippen molar-refractivity contribution in [2.24, 2.45) is 5.73 Å². The molecular formula is C11H14N4S. The summed E-state index contributed by atoms with van der Waals surface area (Å²) in [6.45, 7) is 1.44. The predicted molar refractivity (Wildman–Crippen MR) is 66.4 cm³/mol. The van der Waals surface area contributed by atoms with E-state index in [0.29, 0.717) is 6.54 Å². The first kappa shape index (κ1) is 11.0. The van der Waals surface area contributed by atoms with Crippen LogP contribution in [0.3, 0.4) is 0 Å². The molecule has 0 amide bonds. The Morgan fingerprint density at radius 1 is 1.31 bits per heavy atom. The second-order valence-electron chi connectivity index (χ2n) is 3.37. The second kappa shape index (κ2) is 5.58. The number of anilines is 1. The average Bonchev–Trinajstić information content (AvgIpc) is 2.78. The van der Waals surface area contributed by atoms with Gasteiger partial charge in [-0.25, -0.2) is 4.98 Å². The molecule has 2 rings (SSSR count). The standard InChI is InChI=1S/C11H14N4S/c12-7-10-8-15-11(16-10)14-6-3-9-1-4-13-5-2-9/h1-2,4-5,8H,3,6-7,12H2,(H,14,15). The minimum absolute atomic E-state index is 0.559. The van der Waals surface area contributed by atoms with Crippen LogP contribution < -0.4 is 11.1 Å². The number of hydrogen-bond donors (Lipinski definition) is 2. The molecule has 0 atom stereocenters. The molecule has 0 aromatic carbocycles. The van der Waals surface area contributed by atoms with Crippen LogP contribution in [0.15, 0.2) is 30.7 Å². The maximum absolute atomic E-state index is 5.52. The molecule has 16 heavy (non-hydrogen) atoms. The molecule has 0 aliphatic heterocycles. The van der Waals surface area contributed by atoms with Crippen molar-refractivity contribution >= 4 is 16.5 Å². The predicted octanol–water partition coefficient (Wildman–Crippen LogP) is 1.65. The fourth-order valence-corrected chi connectivity index (χ4v) is 2.06. The lowest BCUT2D eigenvalue weighted by Gasteiger charge is -2.02. The van der Waals surface area contributed by atoms with Crippen molar-refractivity contribution in [3.05, 3.63) is 41.2 Å². The molecule has 0 fully saturated rings. The van der Waals surface area contributed by atoms with Gasteiger partial charge in [-0.1, -0.05) is 0 Å². The zero-order valence-corrected chi connectivity index (χ0v) is 9.70. The number of thiazole rings is 1. The van der Waals surface area contributed by atoms with E-state index in [9.17, 15) is 0 Å². The minimum Gasteiger partial charge on any atom is -0.361 e. The summed E-state index contributed by atoms with van der Waals surface area (Å²) in [6, 6.07) is 4.05. The Morgan fingerprint density at radius 3 is 2.81 bits per heavy atom. The van der Waals surface area contributed by atoms with E-state index in [1.54, 1.807) is 11.3 Å². The van der Waals surface area contributed by atoms with Crippen LogP contribution >= 0.6 is 11.3 Å².